The zero-order valence-electron chi connectivity index (χ0n) is 14.3. The maximum atomic E-state index is 6.32. The van der Waals surface area contributed by atoms with Crippen LogP contribution < -0.4 is 10.5 Å². The number of benzene rings is 1. The third-order valence-electron chi connectivity index (χ3n) is 5.34. The zero-order chi connectivity index (χ0) is 15.6. The summed E-state index contributed by atoms with van der Waals surface area (Å²) < 4.78 is 6.27. The molecule has 0 saturated heterocycles. The van der Waals surface area contributed by atoms with E-state index in [1.165, 1.54) is 24.0 Å². The summed E-state index contributed by atoms with van der Waals surface area (Å²) >= 11 is 0. The van der Waals surface area contributed by atoms with E-state index in [2.05, 4.69) is 52.8 Å². The molecule has 0 radical (unpaired) electrons. The molecule has 2 rings (SSSR count). The Hall–Kier alpha value is -1.02. The van der Waals surface area contributed by atoms with E-state index in [9.17, 15) is 0 Å². The van der Waals surface area contributed by atoms with Crippen molar-refractivity contribution in [3.05, 3.63) is 29.3 Å². The molecule has 3 unspecified atom stereocenters. The minimum Gasteiger partial charge on any atom is -0.489 e. The molecule has 0 aliphatic heterocycles. The van der Waals surface area contributed by atoms with Gasteiger partial charge in [-0.05, 0) is 67.7 Å². The average molecular weight is 289 g/mol. The number of rotatable bonds is 4. The van der Waals surface area contributed by atoms with Crippen LogP contribution >= 0.6 is 0 Å². The highest BCUT2D eigenvalue weighted by Crippen LogP contribution is 2.41. The van der Waals surface area contributed by atoms with Crippen molar-refractivity contribution in [2.45, 2.75) is 72.4 Å². The predicted molar refractivity (Wildman–Crippen MR) is 89.7 cm³/mol. The van der Waals surface area contributed by atoms with Crippen molar-refractivity contribution in [2.75, 3.05) is 0 Å². The maximum absolute atomic E-state index is 6.32. The van der Waals surface area contributed by atoms with Gasteiger partial charge in [-0.1, -0.05) is 33.3 Å². The van der Waals surface area contributed by atoms with Gasteiger partial charge in [0.25, 0.3) is 0 Å². The van der Waals surface area contributed by atoms with E-state index in [0.717, 1.165) is 18.6 Å². The lowest BCUT2D eigenvalue weighted by Crippen LogP contribution is -2.46. The van der Waals surface area contributed by atoms with Gasteiger partial charge in [-0.3, -0.25) is 0 Å². The van der Waals surface area contributed by atoms with Crippen LogP contribution in [0.25, 0.3) is 0 Å². The second kappa shape index (κ2) is 6.39. The molecule has 1 aliphatic carbocycles. The average Bonchev–Trinajstić information content (AvgIpc) is 2.40. The Morgan fingerprint density at radius 1 is 1.14 bits per heavy atom. The SMILES string of the molecule is CCC(C)(C)C1CCC(N)C(Oc2cc(C)cc(C)c2)C1. The summed E-state index contributed by atoms with van der Waals surface area (Å²) in [5.41, 5.74) is 9.20. The fourth-order valence-corrected chi connectivity index (χ4v) is 3.46. The van der Waals surface area contributed by atoms with Gasteiger partial charge in [-0.2, -0.15) is 0 Å². The van der Waals surface area contributed by atoms with Crippen molar-refractivity contribution in [1.82, 2.24) is 0 Å². The Labute approximate surface area is 130 Å². The molecule has 1 saturated carbocycles. The lowest BCUT2D eigenvalue weighted by Gasteiger charge is -2.42. The van der Waals surface area contributed by atoms with Gasteiger partial charge in [0.2, 0.25) is 0 Å². The summed E-state index contributed by atoms with van der Waals surface area (Å²) in [6.45, 7) is 11.3. The van der Waals surface area contributed by atoms with E-state index >= 15 is 0 Å². The third kappa shape index (κ3) is 4.00. The van der Waals surface area contributed by atoms with Crippen LogP contribution in [-0.2, 0) is 0 Å². The van der Waals surface area contributed by atoms with Crippen LogP contribution in [0, 0.1) is 25.2 Å². The number of aryl methyl sites for hydroxylation is 2. The van der Waals surface area contributed by atoms with Gasteiger partial charge in [-0.25, -0.2) is 0 Å². The first-order chi connectivity index (χ1) is 9.81. The van der Waals surface area contributed by atoms with Crippen LogP contribution in [0.15, 0.2) is 18.2 Å². The summed E-state index contributed by atoms with van der Waals surface area (Å²) in [5.74, 6) is 1.68. The molecule has 0 amide bonds. The second-order valence-corrected chi connectivity index (χ2v) is 7.50. The Bertz CT molecular complexity index is 460. The molecule has 118 valence electrons. The van der Waals surface area contributed by atoms with Gasteiger partial charge in [-0.15, -0.1) is 0 Å². The summed E-state index contributed by atoms with van der Waals surface area (Å²) in [4.78, 5) is 0. The van der Waals surface area contributed by atoms with Crippen molar-refractivity contribution in [1.29, 1.82) is 0 Å². The first-order valence-corrected chi connectivity index (χ1v) is 8.32. The molecular weight excluding hydrogens is 258 g/mol. The van der Waals surface area contributed by atoms with E-state index in [1.807, 2.05) is 0 Å². The van der Waals surface area contributed by atoms with Crippen LogP contribution in [0.3, 0.4) is 0 Å². The van der Waals surface area contributed by atoms with Crippen molar-refractivity contribution >= 4 is 0 Å². The molecule has 0 bridgehead atoms. The van der Waals surface area contributed by atoms with Crippen molar-refractivity contribution < 1.29 is 4.74 Å². The van der Waals surface area contributed by atoms with Gasteiger partial charge in [0.1, 0.15) is 11.9 Å². The van der Waals surface area contributed by atoms with Crippen molar-refractivity contribution in [3.63, 3.8) is 0 Å². The number of nitrogens with two attached hydrogens (primary N) is 1. The van der Waals surface area contributed by atoms with Crippen LogP contribution in [-0.4, -0.2) is 12.1 Å². The molecule has 0 spiro atoms. The van der Waals surface area contributed by atoms with Gasteiger partial charge >= 0.3 is 0 Å². The fraction of sp³-hybridized carbons (Fsp3) is 0.684. The summed E-state index contributed by atoms with van der Waals surface area (Å²) in [5, 5.41) is 0. The van der Waals surface area contributed by atoms with Crippen molar-refractivity contribution in [2.24, 2.45) is 17.1 Å². The minimum absolute atomic E-state index is 0.149. The minimum atomic E-state index is 0.149. The Morgan fingerprint density at radius 2 is 1.76 bits per heavy atom. The van der Waals surface area contributed by atoms with Gasteiger partial charge in [0.05, 0.1) is 0 Å². The predicted octanol–water partition coefficient (Wildman–Crippen LogP) is 4.61. The monoisotopic (exact) mass is 289 g/mol. The molecule has 1 aromatic rings. The van der Waals surface area contributed by atoms with Gasteiger partial charge in [0, 0.05) is 6.04 Å². The van der Waals surface area contributed by atoms with Crippen LogP contribution in [0.4, 0.5) is 0 Å². The van der Waals surface area contributed by atoms with E-state index < -0.39 is 0 Å². The van der Waals surface area contributed by atoms with Crippen LogP contribution in [0.1, 0.15) is 57.6 Å². The Morgan fingerprint density at radius 3 is 2.33 bits per heavy atom. The molecule has 1 aliphatic rings. The first kappa shape index (κ1) is 16.4. The quantitative estimate of drug-likeness (QED) is 0.878. The summed E-state index contributed by atoms with van der Waals surface area (Å²) in [6.07, 6.45) is 4.74. The molecule has 1 aromatic carbocycles. The second-order valence-electron chi connectivity index (χ2n) is 7.50. The third-order valence-corrected chi connectivity index (χ3v) is 5.34. The molecule has 2 nitrogen and oxygen atoms in total. The van der Waals surface area contributed by atoms with Crippen LogP contribution in [0.5, 0.6) is 5.75 Å². The molecule has 0 aromatic heterocycles. The largest absolute Gasteiger partial charge is 0.489 e. The standard InChI is InChI=1S/C19H31NO/c1-6-19(4,5)15-7-8-17(20)18(12-15)21-16-10-13(2)9-14(3)11-16/h9-11,15,17-18H,6-8,12,20H2,1-5H3. The lowest BCUT2D eigenvalue weighted by molar-refractivity contribution is 0.0501. The van der Waals surface area contributed by atoms with Crippen molar-refractivity contribution in [3.8, 4) is 5.75 Å². The van der Waals surface area contributed by atoms with E-state index in [0.29, 0.717) is 11.3 Å². The normalized spacial score (nSPS) is 26.7. The van der Waals surface area contributed by atoms with E-state index in [-0.39, 0.29) is 12.1 Å². The molecule has 2 N–H and O–H groups in total. The molecule has 1 fully saturated rings. The van der Waals surface area contributed by atoms with E-state index in [1.54, 1.807) is 0 Å². The van der Waals surface area contributed by atoms with E-state index in [4.69, 9.17) is 10.5 Å². The fourth-order valence-electron chi connectivity index (χ4n) is 3.46. The Balaban J connectivity index is 2.10. The summed E-state index contributed by atoms with van der Waals surface area (Å²) in [6, 6.07) is 6.58. The van der Waals surface area contributed by atoms with Gasteiger partial charge in [0.15, 0.2) is 0 Å². The highest BCUT2D eigenvalue weighted by atomic mass is 16.5. The number of ether oxygens (including phenoxy) is 1. The molecular formula is C19H31NO. The smallest absolute Gasteiger partial charge is 0.120 e. The van der Waals surface area contributed by atoms with Crippen LogP contribution in [0.2, 0.25) is 0 Å². The highest BCUT2D eigenvalue weighted by molar-refractivity contribution is 5.33. The number of hydrogen-bond donors (Lipinski definition) is 1. The lowest BCUT2D eigenvalue weighted by atomic mass is 9.68. The Kier molecular flexibility index (Phi) is 4.98. The first-order valence-electron chi connectivity index (χ1n) is 8.32. The highest BCUT2D eigenvalue weighted by Gasteiger charge is 2.37. The molecule has 21 heavy (non-hydrogen) atoms. The molecule has 0 heterocycles. The molecule has 3 atom stereocenters. The maximum Gasteiger partial charge on any atom is 0.120 e. The zero-order valence-corrected chi connectivity index (χ0v) is 14.3. The topological polar surface area (TPSA) is 35.2 Å². The van der Waals surface area contributed by atoms with Gasteiger partial charge < -0.3 is 10.5 Å². The summed E-state index contributed by atoms with van der Waals surface area (Å²) in [7, 11) is 0. The molecule has 2 heteroatoms. The number of hydrogen-bond acceptors (Lipinski definition) is 2.